The van der Waals surface area contributed by atoms with Crippen LogP contribution in [0.5, 0.6) is 5.75 Å². The zero-order chi connectivity index (χ0) is 15.2. The van der Waals surface area contributed by atoms with Crippen LogP contribution in [0.1, 0.15) is 35.5 Å². The molecule has 0 aliphatic carbocycles. The first-order valence-electron chi connectivity index (χ1n) is 7.07. The molecule has 0 spiro atoms. The van der Waals surface area contributed by atoms with Crippen LogP contribution in [0, 0.1) is 0 Å². The summed E-state index contributed by atoms with van der Waals surface area (Å²) in [6.45, 7) is 5.54. The molecular formula is C17H21NO3. The van der Waals surface area contributed by atoms with Gasteiger partial charge in [-0.2, -0.15) is 0 Å². The molecule has 1 heterocycles. The van der Waals surface area contributed by atoms with Gasteiger partial charge in [0.1, 0.15) is 11.5 Å². The Labute approximate surface area is 125 Å². The second-order valence-corrected chi connectivity index (χ2v) is 5.06. The Bertz CT molecular complexity index is 590. The Balaban J connectivity index is 2.15. The lowest BCUT2D eigenvalue weighted by molar-refractivity contribution is 0.101. The van der Waals surface area contributed by atoms with Gasteiger partial charge >= 0.3 is 0 Å². The zero-order valence-corrected chi connectivity index (χ0v) is 12.8. The topological polar surface area (TPSA) is 42.7 Å². The summed E-state index contributed by atoms with van der Waals surface area (Å²) in [5.74, 6) is 1.81. The Morgan fingerprint density at radius 1 is 1.29 bits per heavy atom. The number of hydrogen-bond acceptors (Lipinski definition) is 4. The number of rotatable bonds is 7. The van der Waals surface area contributed by atoms with Crippen molar-refractivity contribution in [3.63, 3.8) is 0 Å². The van der Waals surface area contributed by atoms with Gasteiger partial charge in [-0.3, -0.25) is 9.69 Å². The largest absolute Gasteiger partial charge is 0.494 e. The summed E-state index contributed by atoms with van der Waals surface area (Å²) < 4.78 is 11.0. The highest BCUT2D eigenvalue weighted by Gasteiger charge is 2.11. The quantitative estimate of drug-likeness (QED) is 0.731. The van der Waals surface area contributed by atoms with Crippen molar-refractivity contribution in [1.82, 2.24) is 4.90 Å². The van der Waals surface area contributed by atoms with Crippen molar-refractivity contribution in [3.05, 3.63) is 53.5 Å². The first-order valence-corrected chi connectivity index (χ1v) is 7.07. The van der Waals surface area contributed by atoms with Gasteiger partial charge in [-0.25, -0.2) is 0 Å². The molecule has 112 valence electrons. The van der Waals surface area contributed by atoms with Crippen LogP contribution in [-0.4, -0.2) is 24.3 Å². The van der Waals surface area contributed by atoms with Gasteiger partial charge in [0, 0.05) is 17.7 Å². The summed E-state index contributed by atoms with van der Waals surface area (Å²) in [6, 6.07) is 9.42. The molecule has 4 heteroatoms. The maximum atomic E-state index is 11.5. The monoisotopic (exact) mass is 287 g/mol. The molecule has 0 atom stereocenters. The van der Waals surface area contributed by atoms with Crippen LogP contribution in [0.2, 0.25) is 0 Å². The fourth-order valence-corrected chi connectivity index (χ4v) is 2.23. The maximum absolute atomic E-state index is 11.5. The third-order valence-corrected chi connectivity index (χ3v) is 3.21. The van der Waals surface area contributed by atoms with Gasteiger partial charge in [0.2, 0.25) is 0 Å². The van der Waals surface area contributed by atoms with Crippen molar-refractivity contribution in [2.24, 2.45) is 0 Å². The normalized spacial score (nSPS) is 10.9. The third-order valence-electron chi connectivity index (χ3n) is 3.21. The van der Waals surface area contributed by atoms with Crippen LogP contribution in [0.4, 0.5) is 0 Å². The highest BCUT2D eigenvalue weighted by atomic mass is 16.5. The van der Waals surface area contributed by atoms with E-state index in [0.717, 1.165) is 17.1 Å². The second-order valence-electron chi connectivity index (χ2n) is 5.06. The molecule has 0 aliphatic heterocycles. The van der Waals surface area contributed by atoms with E-state index in [4.69, 9.17) is 9.15 Å². The van der Waals surface area contributed by atoms with E-state index in [1.54, 1.807) is 13.2 Å². The molecule has 0 saturated carbocycles. The fourth-order valence-electron chi connectivity index (χ4n) is 2.23. The number of hydrogen-bond donors (Lipinski definition) is 0. The molecule has 4 nitrogen and oxygen atoms in total. The predicted octanol–water partition coefficient (Wildman–Crippen LogP) is 3.51. The van der Waals surface area contributed by atoms with E-state index in [1.165, 1.54) is 0 Å². The molecule has 1 aromatic carbocycles. The summed E-state index contributed by atoms with van der Waals surface area (Å²) in [6.07, 6.45) is 1.67. The average Bonchev–Trinajstić information content (AvgIpc) is 2.93. The first kappa shape index (κ1) is 15.3. The van der Waals surface area contributed by atoms with Crippen molar-refractivity contribution < 1.29 is 13.9 Å². The van der Waals surface area contributed by atoms with Crippen molar-refractivity contribution in [1.29, 1.82) is 0 Å². The molecule has 0 bridgehead atoms. The molecule has 0 unspecified atom stereocenters. The van der Waals surface area contributed by atoms with Gasteiger partial charge in [0.25, 0.3) is 0 Å². The maximum Gasteiger partial charge on any atom is 0.159 e. The smallest absolute Gasteiger partial charge is 0.159 e. The van der Waals surface area contributed by atoms with E-state index < -0.39 is 0 Å². The molecule has 0 N–H and O–H groups in total. The van der Waals surface area contributed by atoms with Crippen molar-refractivity contribution in [3.8, 4) is 5.75 Å². The van der Waals surface area contributed by atoms with Gasteiger partial charge < -0.3 is 9.15 Å². The lowest BCUT2D eigenvalue weighted by Crippen LogP contribution is -2.18. The van der Waals surface area contributed by atoms with Crippen LogP contribution in [-0.2, 0) is 13.1 Å². The minimum absolute atomic E-state index is 0.0630. The van der Waals surface area contributed by atoms with E-state index >= 15 is 0 Å². The standard InChI is InChI=1S/C17H21NO3/c1-4-20-17-8-7-14(13(2)19)10-15(17)11-18(3)12-16-6-5-9-21-16/h5-10H,4,11-12H2,1-3H3. The molecule has 0 radical (unpaired) electrons. The molecule has 0 saturated heterocycles. The molecule has 0 aliphatic rings. The van der Waals surface area contributed by atoms with E-state index in [1.807, 2.05) is 44.3 Å². The predicted molar refractivity (Wildman–Crippen MR) is 81.5 cm³/mol. The van der Waals surface area contributed by atoms with Crippen molar-refractivity contribution >= 4 is 5.78 Å². The summed E-state index contributed by atoms with van der Waals surface area (Å²) in [4.78, 5) is 13.7. The van der Waals surface area contributed by atoms with Crippen molar-refractivity contribution in [2.75, 3.05) is 13.7 Å². The second kappa shape index (κ2) is 7.09. The van der Waals surface area contributed by atoms with Gasteiger partial charge in [0.05, 0.1) is 19.4 Å². The van der Waals surface area contributed by atoms with Crippen LogP contribution in [0.25, 0.3) is 0 Å². The number of nitrogens with zero attached hydrogens (tertiary/aromatic N) is 1. The van der Waals surface area contributed by atoms with Gasteiger partial charge in [-0.1, -0.05) is 0 Å². The number of Topliss-reactive ketones (excluding diaryl/α,β-unsaturated/α-hetero) is 1. The summed E-state index contributed by atoms with van der Waals surface area (Å²) in [5, 5.41) is 0. The highest BCUT2D eigenvalue weighted by molar-refractivity contribution is 5.94. The molecule has 1 aromatic heterocycles. The minimum atomic E-state index is 0.0630. The van der Waals surface area contributed by atoms with E-state index in [0.29, 0.717) is 25.3 Å². The Morgan fingerprint density at radius 2 is 2.10 bits per heavy atom. The molecular weight excluding hydrogens is 266 g/mol. The third kappa shape index (κ3) is 4.20. The molecule has 0 fully saturated rings. The number of carbonyl (C=O) groups is 1. The SMILES string of the molecule is CCOc1ccc(C(C)=O)cc1CN(C)Cc1ccco1. The van der Waals surface area contributed by atoms with E-state index in [9.17, 15) is 4.79 Å². The zero-order valence-electron chi connectivity index (χ0n) is 12.8. The van der Waals surface area contributed by atoms with Crippen LogP contribution < -0.4 is 4.74 Å². The summed E-state index contributed by atoms with van der Waals surface area (Å²) in [7, 11) is 2.01. The van der Waals surface area contributed by atoms with Crippen LogP contribution in [0.15, 0.2) is 41.0 Å². The molecule has 21 heavy (non-hydrogen) atoms. The fraction of sp³-hybridized carbons (Fsp3) is 0.353. The average molecular weight is 287 g/mol. The van der Waals surface area contributed by atoms with Gasteiger partial charge in [-0.05, 0) is 51.2 Å². The number of furan rings is 1. The van der Waals surface area contributed by atoms with Gasteiger partial charge in [0.15, 0.2) is 5.78 Å². The lowest BCUT2D eigenvalue weighted by Gasteiger charge is -2.18. The number of carbonyl (C=O) groups excluding carboxylic acids is 1. The van der Waals surface area contributed by atoms with E-state index in [2.05, 4.69) is 4.90 Å². The minimum Gasteiger partial charge on any atom is -0.494 e. The summed E-state index contributed by atoms with van der Waals surface area (Å²) in [5.41, 5.74) is 1.72. The highest BCUT2D eigenvalue weighted by Crippen LogP contribution is 2.22. The number of benzene rings is 1. The Morgan fingerprint density at radius 3 is 2.71 bits per heavy atom. The molecule has 0 amide bonds. The Kier molecular flexibility index (Phi) is 5.17. The van der Waals surface area contributed by atoms with Crippen LogP contribution >= 0.6 is 0 Å². The first-order chi connectivity index (χ1) is 10.1. The number of ketones is 1. The number of ether oxygens (including phenoxy) is 1. The van der Waals surface area contributed by atoms with Gasteiger partial charge in [-0.15, -0.1) is 0 Å². The molecule has 2 aromatic rings. The summed E-state index contributed by atoms with van der Waals surface area (Å²) >= 11 is 0. The van der Waals surface area contributed by atoms with E-state index in [-0.39, 0.29) is 5.78 Å². The van der Waals surface area contributed by atoms with Crippen molar-refractivity contribution in [2.45, 2.75) is 26.9 Å². The lowest BCUT2D eigenvalue weighted by atomic mass is 10.1. The molecule has 2 rings (SSSR count). The van der Waals surface area contributed by atoms with Crippen LogP contribution in [0.3, 0.4) is 0 Å². The Hall–Kier alpha value is -2.07.